The van der Waals surface area contributed by atoms with Gasteiger partial charge in [-0.1, -0.05) is 18.6 Å². The second-order valence-corrected chi connectivity index (χ2v) is 5.39. The Labute approximate surface area is 99.2 Å². The second kappa shape index (κ2) is 4.19. The zero-order valence-corrected chi connectivity index (χ0v) is 10.6. The summed E-state index contributed by atoms with van der Waals surface area (Å²) in [5.74, 6) is 0.731. The Morgan fingerprint density at radius 1 is 1.43 bits per heavy atom. The molecule has 0 amide bonds. The first-order valence-corrected chi connectivity index (χ1v) is 6.28. The zero-order chi connectivity index (χ0) is 10.1. The van der Waals surface area contributed by atoms with Gasteiger partial charge in [0.05, 0.1) is 0 Å². The average molecular weight is 301 g/mol. The smallest absolute Gasteiger partial charge is 0.0323 e. The molecule has 2 N–H and O–H groups in total. The Morgan fingerprint density at radius 3 is 2.64 bits per heavy atom. The number of nitrogens with two attached hydrogens (primary N) is 1. The molecule has 1 aromatic carbocycles. The predicted octanol–water partition coefficient (Wildman–Crippen LogP) is 3.40. The minimum Gasteiger partial charge on any atom is -0.324 e. The summed E-state index contributed by atoms with van der Waals surface area (Å²) in [6, 6.07) is 6.85. The van der Waals surface area contributed by atoms with Crippen molar-refractivity contribution in [1.82, 2.24) is 0 Å². The van der Waals surface area contributed by atoms with Crippen molar-refractivity contribution < 1.29 is 0 Å². The fourth-order valence-electron chi connectivity index (χ4n) is 1.95. The van der Waals surface area contributed by atoms with Gasteiger partial charge in [-0.2, -0.15) is 0 Å². The molecule has 1 saturated carbocycles. The predicted molar refractivity (Wildman–Crippen MR) is 68.2 cm³/mol. The van der Waals surface area contributed by atoms with Crippen molar-refractivity contribution in [3.63, 3.8) is 0 Å². The standard InChI is InChI=1S/C12H16IN/c1-8-7-10(5-6-11(8)13)12(14)9-3-2-4-9/h5-7,9,12H,2-4,14H2,1H3/t12-/m1/s1. The Morgan fingerprint density at radius 2 is 2.14 bits per heavy atom. The second-order valence-electron chi connectivity index (χ2n) is 4.23. The van der Waals surface area contributed by atoms with Crippen LogP contribution in [0.3, 0.4) is 0 Å². The fourth-order valence-corrected chi connectivity index (χ4v) is 2.28. The average Bonchev–Trinajstić information content (AvgIpc) is 2.06. The highest BCUT2D eigenvalue weighted by Crippen LogP contribution is 2.36. The molecule has 0 unspecified atom stereocenters. The number of aryl methyl sites for hydroxylation is 1. The third-order valence-corrected chi connectivity index (χ3v) is 4.43. The highest BCUT2D eigenvalue weighted by Gasteiger charge is 2.25. The molecule has 2 heteroatoms. The molecule has 0 spiro atoms. The van der Waals surface area contributed by atoms with Crippen LogP contribution in [-0.4, -0.2) is 0 Å². The highest BCUT2D eigenvalue weighted by atomic mass is 127. The third-order valence-electron chi connectivity index (χ3n) is 3.22. The molecular formula is C12H16IN. The molecule has 1 aromatic rings. The van der Waals surface area contributed by atoms with Gasteiger partial charge in [0, 0.05) is 9.61 Å². The Bertz CT molecular complexity index is 331. The van der Waals surface area contributed by atoms with Crippen molar-refractivity contribution in [3.05, 3.63) is 32.9 Å². The summed E-state index contributed by atoms with van der Waals surface area (Å²) in [5, 5.41) is 0. The van der Waals surface area contributed by atoms with Crippen molar-refractivity contribution in [1.29, 1.82) is 0 Å². The van der Waals surface area contributed by atoms with Gasteiger partial charge in [-0.25, -0.2) is 0 Å². The van der Waals surface area contributed by atoms with Crippen LogP contribution in [0.15, 0.2) is 18.2 Å². The molecular weight excluding hydrogens is 285 g/mol. The first-order chi connectivity index (χ1) is 6.68. The minimum absolute atomic E-state index is 0.263. The maximum Gasteiger partial charge on any atom is 0.0323 e. The van der Waals surface area contributed by atoms with Crippen LogP contribution >= 0.6 is 22.6 Å². The van der Waals surface area contributed by atoms with E-state index in [1.165, 1.54) is 34.0 Å². The zero-order valence-electron chi connectivity index (χ0n) is 8.46. The summed E-state index contributed by atoms with van der Waals surface area (Å²) in [6.07, 6.45) is 3.99. The van der Waals surface area contributed by atoms with Gasteiger partial charge in [-0.05, 0) is 65.5 Å². The van der Waals surface area contributed by atoms with Gasteiger partial charge in [0.1, 0.15) is 0 Å². The summed E-state index contributed by atoms with van der Waals surface area (Å²) in [7, 11) is 0. The van der Waals surface area contributed by atoms with Crippen LogP contribution in [0.2, 0.25) is 0 Å². The van der Waals surface area contributed by atoms with Crippen LogP contribution in [0.25, 0.3) is 0 Å². The summed E-state index contributed by atoms with van der Waals surface area (Å²) < 4.78 is 1.33. The lowest BCUT2D eigenvalue weighted by Gasteiger charge is -2.31. The van der Waals surface area contributed by atoms with Crippen molar-refractivity contribution in [2.45, 2.75) is 32.2 Å². The van der Waals surface area contributed by atoms with E-state index < -0.39 is 0 Å². The van der Waals surface area contributed by atoms with Crippen molar-refractivity contribution in [2.75, 3.05) is 0 Å². The van der Waals surface area contributed by atoms with Gasteiger partial charge in [0.15, 0.2) is 0 Å². The van der Waals surface area contributed by atoms with Crippen LogP contribution in [-0.2, 0) is 0 Å². The highest BCUT2D eigenvalue weighted by molar-refractivity contribution is 14.1. The lowest BCUT2D eigenvalue weighted by Crippen LogP contribution is -2.26. The van der Waals surface area contributed by atoms with Crippen LogP contribution in [0.5, 0.6) is 0 Å². The first-order valence-electron chi connectivity index (χ1n) is 5.20. The van der Waals surface area contributed by atoms with E-state index in [1.54, 1.807) is 0 Å². The molecule has 0 radical (unpaired) electrons. The first kappa shape index (κ1) is 10.4. The van der Waals surface area contributed by atoms with E-state index in [0.29, 0.717) is 0 Å². The number of hydrogen-bond acceptors (Lipinski definition) is 1. The van der Waals surface area contributed by atoms with Gasteiger partial charge in [-0.3, -0.25) is 0 Å². The maximum absolute atomic E-state index is 6.22. The van der Waals surface area contributed by atoms with Gasteiger partial charge in [0.25, 0.3) is 0 Å². The molecule has 14 heavy (non-hydrogen) atoms. The quantitative estimate of drug-likeness (QED) is 0.833. The summed E-state index contributed by atoms with van der Waals surface area (Å²) in [6.45, 7) is 2.15. The topological polar surface area (TPSA) is 26.0 Å². The molecule has 1 aliphatic rings. The van der Waals surface area contributed by atoms with E-state index in [9.17, 15) is 0 Å². The number of hydrogen-bond donors (Lipinski definition) is 1. The number of halogens is 1. The number of rotatable bonds is 2. The maximum atomic E-state index is 6.22. The Kier molecular flexibility index (Phi) is 3.12. The molecule has 76 valence electrons. The van der Waals surface area contributed by atoms with Crippen LogP contribution < -0.4 is 5.73 Å². The molecule has 0 aliphatic heterocycles. The monoisotopic (exact) mass is 301 g/mol. The van der Waals surface area contributed by atoms with Gasteiger partial charge in [-0.15, -0.1) is 0 Å². The van der Waals surface area contributed by atoms with E-state index in [4.69, 9.17) is 5.73 Å². The van der Waals surface area contributed by atoms with Crippen molar-refractivity contribution in [2.24, 2.45) is 11.7 Å². The largest absolute Gasteiger partial charge is 0.324 e. The number of benzene rings is 1. The fraction of sp³-hybridized carbons (Fsp3) is 0.500. The molecule has 1 nitrogen and oxygen atoms in total. The molecule has 1 aliphatic carbocycles. The SMILES string of the molecule is Cc1cc([C@H](N)C2CCC2)ccc1I. The van der Waals surface area contributed by atoms with E-state index in [1.807, 2.05) is 0 Å². The Hall–Kier alpha value is -0.0900. The lowest BCUT2D eigenvalue weighted by molar-refractivity contribution is 0.264. The van der Waals surface area contributed by atoms with E-state index >= 15 is 0 Å². The summed E-state index contributed by atoms with van der Waals surface area (Å²) in [4.78, 5) is 0. The molecule has 0 bridgehead atoms. The van der Waals surface area contributed by atoms with Crippen molar-refractivity contribution >= 4 is 22.6 Å². The Balaban J connectivity index is 2.18. The van der Waals surface area contributed by atoms with E-state index in [2.05, 4.69) is 47.7 Å². The molecule has 0 aromatic heterocycles. The summed E-state index contributed by atoms with van der Waals surface area (Å²) in [5.41, 5.74) is 8.87. The van der Waals surface area contributed by atoms with Gasteiger partial charge in [0.2, 0.25) is 0 Å². The van der Waals surface area contributed by atoms with Gasteiger partial charge >= 0.3 is 0 Å². The lowest BCUT2D eigenvalue weighted by atomic mass is 9.77. The van der Waals surface area contributed by atoms with Crippen LogP contribution in [0.4, 0.5) is 0 Å². The van der Waals surface area contributed by atoms with Crippen LogP contribution in [0.1, 0.15) is 36.4 Å². The summed E-state index contributed by atoms with van der Waals surface area (Å²) >= 11 is 2.36. The van der Waals surface area contributed by atoms with E-state index in [-0.39, 0.29) is 6.04 Å². The van der Waals surface area contributed by atoms with Crippen LogP contribution in [0, 0.1) is 16.4 Å². The minimum atomic E-state index is 0.263. The molecule has 0 saturated heterocycles. The normalized spacial score (nSPS) is 19.1. The molecule has 1 atom stereocenters. The third kappa shape index (κ3) is 1.96. The molecule has 1 fully saturated rings. The van der Waals surface area contributed by atoms with Gasteiger partial charge < -0.3 is 5.73 Å². The van der Waals surface area contributed by atoms with E-state index in [0.717, 1.165) is 5.92 Å². The molecule has 0 heterocycles. The van der Waals surface area contributed by atoms with Crippen molar-refractivity contribution in [3.8, 4) is 0 Å². The molecule has 2 rings (SSSR count).